The lowest BCUT2D eigenvalue weighted by molar-refractivity contribution is 0.249. The van der Waals surface area contributed by atoms with Crippen molar-refractivity contribution in [2.45, 2.75) is 20.3 Å². The van der Waals surface area contributed by atoms with E-state index in [9.17, 15) is 4.79 Å². The van der Waals surface area contributed by atoms with Crippen LogP contribution in [0.25, 0.3) is 0 Å². The summed E-state index contributed by atoms with van der Waals surface area (Å²) in [4.78, 5) is 10.1. The number of rotatable bonds is 3. The highest BCUT2D eigenvalue weighted by Crippen LogP contribution is 1.93. The molecule has 4 heteroatoms. The van der Waals surface area contributed by atoms with Crippen LogP contribution in [0.5, 0.6) is 0 Å². The van der Waals surface area contributed by atoms with Gasteiger partial charge in [0.25, 0.3) is 0 Å². The normalized spacial score (nSPS) is 13.4. The van der Waals surface area contributed by atoms with Crippen LogP contribution in [-0.2, 0) is 0 Å². The van der Waals surface area contributed by atoms with E-state index in [1.54, 1.807) is 6.21 Å². The minimum Gasteiger partial charge on any atom is -0.350 e. The highest BCUT2D eigenvalue weighted by molar-refractivity contribution is 5.73. The Labute approximate surface area is 60.5 Å². The summed E-state index contributed by atoms with van der Waals surface area (Å²) in [6.07, 6.45) is 2.66. The van der Waals surface area contributed by atoms with E-state index >= 15 is 0 Å². The number of primary amides is 1. The minimum absolute atomic E-state index is 0.381. The maximum absolute atomic E-state index is 10.1. The summed E-state index contributed by atoms with van der Waals surface area (Å²) in [5, 5.41) is 3.59. The topological polar surface area (TPSA) is 67.5 Å². The second-order valence-electron chi connectivity index (χ2n) is 2.14. The zero-order valence-corrected chi connectivity index (χ0v) is 6.29. The van der Waals surface area contributed by atoms with Crippen molar-refractivity contribution in [1.82, 2.24) is 5.43 Å². The van der Waals surface area contributed by atoms with Gasteiger partial charge in [0.15, 0.2) is 0 Å². The monoisotopic (exact) mass is 143 g/mol. The first-order valence-corrected chi connectivity index (χ1v) is 3.25. The zero-order chi connectivity index (χ0) is 7.98. The molecule has 10 heavy (non-hydrogen) atoms. The standard InChI is InChI=1S/C6H13N3O/c1-3-5(2)4-8-9-6(7)10/h4-5H,3H2,1-2H3,(H3,7,9,10). The first-order valence-electron chi connectivity index (χ1n) is 3.25. The van der Waals surface area contributed by atoms with Gasteiger partial charge in [-0.05, 0) is 12.3 Å². The molecule has 0 saturated carbocycles. The molecule has 3 N–H and O–H groups in total. The molecule has 0 spiro atoms. The minimum atomic E-state index is -0.625. The van der Waals surface area contributed by atoms with E-state index < -0.39 is 6.03 Å². The molecule has 0 saturated heterocycles. The van der Waals surface area contributed by atoms with Gasteiger partial charge in [-0.3, -0.25) is 0 Å². The molecule has 0 rings (SSSR count). The first-order chi connectivity index (χ1) is 4.66. The third kappa shape index (κ3) is 5.08. The van der Waals surface area contributed by atoms with Gasteiger partial charge in [0.2, 0.25) is 0 Å². The van der Waals surface area contributed by atoms with Crippen molar-refractivity contribution in [1.29, 1.82) is 0 Å². The van der Waals surface area contributed by atoms with Gasteiger partial charge in [-0.25, -0.2) is 10.2 Å². The Morgan fingerprint density at radius 1 is 1.90 bits per heavy atom. The summed E-state index contributed by atoms with van der Waals surface area (Å²) in [5.41, 5.74) is 6.88. The van der Waals surface area contributed by atoms with Crippen LogP contribution >= 0.6 is 0 Å². The lowest BCUT2D eigenvalue weighted by Crippen LogP contribution is -2.24. The second-order valence-corrected chi connectivity index (χ2v) is 2.14. The van der Waals surface area contributed by atoms with Crippen molar-refractivity contribution in [3.63, 3.8) is 0 Å². The number of nitrogens with two attached hydrogens (primary N) is 1. The Morgan fingerprint density at radius 2 is 2.50 bits per heavy atom. The molecule has 58 valence electrons. The fourth-order valence-electron chi connectivity index (χ4n) is 0.334. The van der Waals surface area contributed by atoms with E-state index in [1.807, 2.05) is 13.8 Å². The Morgan fingerprint density at radius 3 is 2.90 bits per heavy atom. The van der Waals surface area contributed by atoms with E-state index in [-0.39, 0.29) is 0 Å². The van der Waals surface area contributed by atoms with Gasteiger partial charge in [0.05, 0.1) is 0 Å². The van der Waals surface area contributed by atoms with E-state index in [4.69, 9.17) is 5.73 Å². The summed E-state index contributed by atoms with van der Waals surface area (Å²) < 4.78 is 0. The van der Waals surface area contributed by atoms with Crippen molar-refractivity contribution >= 4 is 12.2 Å². The number of hydrogen-bond acceptors (Lipinski definition) is 2. The van der Waals surface area contributed by atoms with Gasteiger partial charge in [0, 0.05) is 6.21 Å². The summed E-state index contributed by atoms with van der Waals surface area (Å²) in [6, 6.07) is -0.625. The molecule has 0 radical (unpaired) electrons. The van der Waals surface area contributed by atoms with E-state index in [0.717, 1.165) is 6.42 Å². The molecule has 4 nitrogen and oxygen atoms in total. The average Bonchev–Trinajstić information content (AvgIpc) is 1.87. The van der Waals surface area contributed by atoms with Gasteiger partial charge in [-0.15, -0.1) is 0 Å². The smallest absolute Gasteiger partial charge is 0.332 e. The van der Waals surface area contributed by atoms with Crippen LogP contribution in [0.15, 0.2) is 5.10 Å². The van der Waals surface area contributed by atoms with Crippen LogP contribution in [0.4, 0.5) is 4.79 Å². The fourth-order valence-corrected chi connectivity index (χ4v) is 0.334. The molecule has 0 heterocycles. The van der Waals surface area contributed by atoms with Crippen molar-refractivity contribution in [2.24, 2.45) is 16.8 Å². The number of hydrogen-bond donors (Lipinski definition) is 2. The van der Waals surface area contributed by atoms with Crippen molar-refractivity contribution in [2.75, 3.05) is 0 Å². The Bertz CT molecular complexity index is 133. The second kappa shape index (κ2) is 4.78. The molecule has 0 fully saturated rings. The Balaban J connectivity index is 3.45. The zero-order valence-electron chi connectivity index (χ0n) is 6.29. The third-order valence-electron chi connectivity index (χ3n) is 1.15. The number of nitrogens with zero attached hydrogens (tertiary/aromatic N) is 1. The maximum atomic E-state index is 10.1. The largest absolute Gasteiger partial charge is 0.350 e. The summed E-state index contributed by atoms with van der Waals surface area (Å²) in [5.74, 6) is 0.381. The fraction of sp³-hybridized carbons (Fsp3) is 0.667. The van der Waals surface area contributed by atoms with Crippen LogP contribution in [0.2, 0.25) is 0 Å². The number of amides is 2. The number of urea groups is 1. The summed E-state index contributed by atoms with van der Waals surface area (Å²) >= 11 is 0. The van der Waals surface area contributed by atoms with Gasteiger partial charge >= 0.3 is 6.03 Å². The third-order valence-corrected chi connectivity index (χ3v) is 1.15. The predicted molar refractivity (Wildman–Crippen MR) is 40.7 cm³/mol. The molecule has 0 aliphatic carbocycles. The molecular formula is C6H13N3O. The molecule has 0 aliphatic rings. The van der Waals surface area contributed by atoms with Crippen molar-refractivity contribution in [3.05, 3.63) is 0 Å². The first kappa shape index (κ1) is 8.94. The van der Waals surface area contributed by atoms with E-state index in [0.29, 0.717) is 5.92 Å². The van der Waals surface area contributed by atoms with Crippen LogP contribution in [0.1, 0.15) is 20.3 Å². The van der Waals surface area contributed by atoms with Gasteiger partial charge in [0.1, 0.15) is 0 Å². The highest BCUT2D eigenvalue weighted by atomic mass is 16.2. The summed E-state index contributed by atoms with van der Waals surface area (Å²) in [6.45, 7) is 4.05. The average molecular weight is 143 g/mol. The van der Waals surface area contributed by atoms with E-state index in [2.05, 4.69) is 10.5 Å². The van der Waals surface area contributed by atoms with Crippen LogP contribution in [0, 0.1) is 5.92 Å². The lowest BCUT2D eigenvalue weighted by Gasteiger charge is -1.97. The number of carbonyl (C=O) groups is 1. The molecule has 0 aromatic rings. The van der Waals surface area contributed by atoms with Crippen LogP contribution in [-0.4, -0.2) is 12.2 Å². The van der Waals surface area contributed by atoms with Crippen LogP contribution in [0.3, 0.4) is 0 Å². The quantitative estimate of drug-likeness (QED) is 0.443. The summed E-state index contributed by atoms with van der Waals surface area (Å²) in [7, 11) is 0. The van der Waals surface area contributed by atoms with Crippen LogP contribution < -0.4 is 11.2 Å². The molecule has 0 aromatic carbocycles. The molecule has 0 aliphatic heterocycles. The SMILES string of the molecule is CCC(C)C=NNC(N)=O. The van der Waals surface area contributed by atoms with Gasteiger partial charge in [-0.1, -0.05) is 13.8 Å². The maximum Gasteiger partial charge on any atom is 0.332 e. The molecule has 1 atom stereocenters. The molecule has 0 aromatic heterocycles. The number of nitrogens with one attached hydrogen (secondary N) is 1. The molecule has 1 unspecified atom stereocenters. The highest BCUT2D eigenvalue weighted by Gasteiger charge is 1.91. The number of carbonyl (C=O) groups excluding carboxylic acids is 1. The predicted octanol–water partition coefficient (Wildman–Crippen LogP) is 0.687. The van der Waals surface area contributed by atoms with Gasteiger partial charge in [-0.2, -0.15) is 5.10 Å². The molecular weight excluding hydrogens is 130 g/mol. The number of hydrazone groups is 1. The Hall–Kier alpha value is -1.06. The Kier molecular flexibility index (Phi) is 4.28. The molecule has 2 amide bonds. The molecule has 0 bridgehead atoms. The lowest BCUT2D eigenvalue weighted by atomic mass is 10.1. The van der Waals surface area contributed by atoms with Crippen molar-refractivity contribution < 1.29 is 4.79 Å². The van der Waals surface area contributed by atoms with Gasteiger partial charge < -0.3 is 5.73 Å². The van der Waals surface area contributed by atoms with E-state index in [1.165, 1.54) is 0 Å². The van der Waals surface area contributed by atoms with Crippen molar-refractivity contribution in [3.8, 4) is 0 Å².